The van der Waals surface area contributed by atoms with Gasteiger partial charge in [0.1, 0.15) is 11.5 Å². The highest BCUT2D eigenvalue weighted by Gasteiger charge is 1.97. The molecule has 0 radical (unpaired) electrons. The van der Waals surface area contributed by atoms with Crippen molar-refractivity contribution in [3.05, 3.63) is 60.7 Å². The average molecular weight is 266 g/mol. The molecule has 3 nitrogen and oxygen atoms in total. The van der Waals surface area contributed by atoms with Gasteiger partial charge in [-0.05, 0) is 24.3 Å². The van der Waals surface area contributed by atoms with E-state index in [1.54, 1.807) is 0 Å². The molecule has 0 bridgehead atoms. The molecule has 2 aromatic rings. The highest BCUT2D eigenvalue weighted by molar-refractivity contribution is 8.03. The molecule has 0 fully saturated rings. The number of hydrogen-bond acceptors (Lipinski definition) is 5. The first-order chi connectivity index (χ1) is 8.45. The SMILES string of the molecule is c1ccc(OSOSOc2ccccc2)cc1. The van der Waals surface area contributed by atoms with Crippen molar-refractivity contribution in [3.8, 4) is 11.5 Å². The predicted octanol–water partition coefficient (Wildman–Crippen LogP) is 4.29. The molecule has 0 unspecified atom stereocenters. The van der Waals surface area contributed by atoms with Crippen LogP contribution in [0.2, 0.25) is 0 Å². The lowest BCUT2D eigenvalue weighted by molar-refractivity contribution is 0.534. The van der Waals surface area contributed by atoms with Crippen molar-refractivity contribution in [2.45, 2.75) is 0 Å². The van der Waals surface area contributed by atoms with Gasteiger partial charge in [-0.3, -0.25) is 0 Å². The number of hydrogen-bond donors (Lipinski definition) is 0. The van der Waals surface area contributed by atoms with Gasteiger partial charge in [-0.1, -0.05) is 36.4 Å². The monoisotopic (exact) mass is 266 g/mol. The summed E-state index contributed by atoms with van der Waals surface area (Å²) in [6, 6.07) is 18.8. The van der Waals surface area contributed by atoms with Crippen LogP contribution in [0.15, 0.2) is 60.7 Å². The van der Waals surface area contributed by atoms with Gasteiger partial charge in [0.2, 0.25) is 24.6 Å². The molecule has 17 heavy (non-hydrogen) atoms. The van der Waals surface area contributed by atoms with Crippen molar-refractivity contribution >= 4 is 24.6 Å². The molecule has 0 saturated carbocycles. The highest BCUT2D eigenvalue weighted by atomic mass is 32.3. The predicted molar refractivity (Wildman–Crippen MR) is 70.4 cm³/mol. The molecule has 88 valence electrons. The van der Waals surface area contributed by atoms with Gasteiger partial charge < -0.3 is 8.37 Å². The summed E-state index contributed by atoms with van der Waals surface area (Å²) in [4.78, 5) is 0. The molecule has 0 saturated heterocycles. The second-order valence-electron chi connectivity index (χ2n) is 3.00. The van der Waals surface area contributed by atoms with Gasteiger partial charge in [-0.25, -0.2) is 0 Å². The number of rotatable bonds is 6. The summed E-state index contributed by atoms with van der Waals surface area (Å²) >= 11 is 1.73. The molecule has 2 aromatic carbocycles. The normalized spacial score (nSPS) is 9.88. The molecule has 0 amide bonds. The Kier molecular flexibility index (Phi) is 5.09. The van der Waals surface area contributed by atoms with Crippen molar-refractivity contribution in [3.63, 3.8) is 0 Å². The Hall–Kier alpha value is -1.30. The van der Waals surface area contributed by atoms with Crippen LogP contribution in [0.25, 0.3) is 0 Å². The zero-order valence-electron chi connectivity index (χ0n) is 8.81. The topological polar surface area (TPSA) is 27.7 Å². The van der Waals surface area contributed by atoms with E-state index in [1.807, 2.05) is 60.7 Å². The summed E-state index contributed by atoms with van der Waals surface area (Å²) in [6.07, 6.45) is 0. The molecule has 0 aliphatic heterocycles. The van der Waals surface area contributed by atoms with E-state index in [4.69, 9.17) is 12.0 Å². The van der Waals surface area contributed by atoms with Crippen molar-refractivity contribution in [1.82, 2.24) is 0 Å². The first-order valence-electron chi connectivity index (χ1n) is 4.90. The highest BCUT2D eigenvalue weighted by Crippen LogP contribution is 2.23. The molecular weight excluding hydrogens is 256 g/mol. The Morgan fingerprint density at radius 1 is 0.588 bits per heavy atom. The molecule has 5 heteroatoms. The Bertz CT molecular complexity index is 381. The van der Waals surface area contributed by atoms with E-state index in [-0.39, 0.29) is 0 Å². The first-order valence-corrected chi connectivity index (χ1v) is 6.23. The molecule has 0 aliphatic rings. The number of benzene rings is 2. The van der Waals surface area contributed by atoms with Crippen molar-refractivity contribution in [2.24, 2.45) is 0 Å². The standard InChI is InChI=1S/C12H10O3S2/c1-3-7-11(8-4-1)13-16-15-17-14-12-9-5-2-6-10-12/h1-10H. The maximum Gasteiger partial charge on any atom is 0.241 e. The van der Waals surface area contributed by atoms with Gasteiger partial charge in [0, 0.05) is 0 Å². The van der Waals surface area contributed by atoms with Crippen molar-refractivity contribution in [2.75, 3.05) is 0 Å². The molecule has 0 spiro atoms. The minimum Gasteiger partial charge on any atom is -0.400 e. The molecule has 0 aliphatic carbocycles. The second-order valence-corrected chi connectivity index (χ2v) is 4.15. The maximum absolute atomic E-state index is 5.24. The fraction of sp³-hybridized carbons (Fsp3) is 0. The van der Waals surface area contributed by atoms with E-state index in [0.717, 1.165) is 36.1 Å². The third-order valence-corrected chi connectivity index (χ3v) is 2.77. The fourth-order valence-electron chi connectivity index (χ4n) is 1.07. The minimum atomic E-state index is 0.734. The minimum absolute atomic E-state index is 0.734. The van der Waals surface area contributed by atoms with Crippen molar-refractivity contribution in [1.29, 1.82) is 0 Å². The van der Waals surface area contributed by atoms with Crippen LogP contribution < -0.4 is 8.37 Å². The van der Waals surface area contributed by atoms with Crippen LogP contribution in [0.4, 0.5) is 0 Å². The van der Waals surface area contributed by atoms with E-state index < -0.39 is 0 Å². The van der Waals surface area contributed by atoms with Crippen LogP contribution in [0.3, 0.4) is 0 Å². The van der Waals surface area contributed by atoms with Gasteiger partial charge >= 0.3 is 0 Å². The van der Waals surface area contributed by atoms with Gasteiger partial charge in [0.25, 0.3) is 0 Å². The van der Waals surface area contributed by atoms with Gasteiger partial charge in [-0.2, -0.15) is 3.63 Å². The summed E-state index contributed by atoms with van der Waals surface area (Å²) in [6.45, 7) is 0. The Morgan fingerprint density at radius 3 is 1.41 bits per heavy atom. The van der Waals surface area contributed by atoms with Crippen LogP contribution in [-0.4, -0.2) is 0 Å². The summed E-state index contributed by atoms with van der Waals surface area (Å²) in [5.41, 5.74) is 0. The lowest BCUT2D eigenvalue weighted by Crippen LogP contribution is -1.83. The third kappa shape index (κ3) is 4.60. The quantitative estimate of drug-likeness (QED) is 0.574. The zero-order chi connectivity index (χ0) is 11.8. The van der Waals surface area contributed by atoms with E-state index >= 15 is 0 Å². The molecule has 0 heterocycles. The van der Waals surface area contributed by atoms with Crippen LogP contribution in [0, 0.1) is 0 Å². The summed E-state index contributed by atoms with van der Waals surface area (Å²) in [7, 11) is 0. The van der Waals surface area contributed by atoms with Gasteiger partial charge in [0.05, 0.1) is 0 Å². The van der Waals surface area contributed by atoms with Crippen LogP contribution in [0.1, 0.15) is 0 Å². The van der Waals surface area contributed by atoms with Crippen molar-refractivity contribution < 1.29 is 12.0 Å². The van der Waals surface area contributed by atoms with Gasteiger partial charge in [-0.15, -0.1) is 0 Å². The zero-order valence-corrected chi connectivity index (χ0v) is 10.4. The van der Waals surface area contributed by atoms with Gasteiger partial charge in [0.15, 0.2) is 0 Å². The summed E-state index contributed by atoms with van der Waals surface area (Å²) in [5.74, 6) is 1.47. The van der Waals surface area contributed by atoms with Crippen LogP contribution in [0.5, 0.6) is 11.5 Å². The Morgan fingerprint density at radius 2 is 1.00 bits per heavy atom. The average Bonchev–Trinajstić information content (AvgIpc) is 2.41. The molecule has 0 atom stereocenters. The number of para-hydroxylation sites is 2. The summed E-state index contributed by atoms with van der Waals surface area (Å²) < 4.78 is 15.5. The van der Waals surface area contributed by atoms with Crippen LogP contribution in [-0.2, 0) is 3.63 Å². The van der Waals surface area contributed by atoms with Crippen LogP contribution >= 0.6 is 24.6 Å². The molecular formula is C12H10O3S2. The van der Waals surface area contributed by atoms with E-state index in [1.165, 1.54) is 0 Å². The fourth-order valence-corrected chi connectivity index (χ4v) is 1.76. The Labute approximate surface area is 109 Å². The van der Waals surface area contributed by atoms with E-state index in [2.05, 4.69) is 0 Å². The van der Waals surface area contributed by atoms with E-state index in [0.29, 0.717) is 0 Å². The third-order valence-electron chi connectivity index (χ3n) is 1.80. The largest absolute Gasteiger partial charge is 0.400 e. The molecule has 0 N–H and O–H groups in total. The first kappa shape index (κ1) is 12.2. The molecule has 2 rings (SSSR count). The molecule has 0 aromatic heterocycles. The Balaban J connectivity index is 1.61. The smallest absolute Gasteiger partial charge is 0.241 e. The second kappa shape index (κ2) is 7.11. The lowest BCUT2D eigenvalue weighted by atomic mass is 10.3. The summed E-state index contributed by atoms with van der Waals surface area (Å²) in [5, 5.41) is 0. The maximum atomic E-state index is 5.24. The lowest BCUT2D eigenvalue weighted by Gasteiger charge is -2.03. The van der Waals surface area contributed by atoms with E-state index in [9.17, 15) is 0 Å².